The molecule has 2 N–H and O–H groups in total. The maximum absolute atomic E-state index is 12.3. The summed E-state index contributed by atoms with van der Waals surface area (Å²) in [6, 6.07) is 16.2. The van der Waals surface area contributed by atoms with Gasteiger partial charge in [0.05, 0.1) is 35.8 Å². The van der Waals surface area contributed by atoms with Crippen LogP contribution in [0, 0.1) is 11.3 Å². The van der Waals surface area contributed by atoms with Gasteiger partial charge in [0.25, 0.3) is 0 Å². The lowest BCUT2D eigenvalue weighted by atomic mass is 10.2. The first-order valence-electron chi connectivity index (χ1n) is 8.68. The highest BCUT2D eigenvalue weighted by Crippen LogP contribution is 2.26. The van der Waals surface area contributed by atoms with Crippen molar-refractivity contribution in [2.45, 2.75) is 6.42 Å². The number of carbonyl (C=O) groups is 2. The predicted octanol–water partition coefficient (Wildman–Crippen LogP) is 2.36. The van der Waals surface area contributed by atoms with Crippen LogP contribution in [-0.2, 0) is 14.3 Å². The molecule has 7 nitrogen and oxygen atoms in total. The van der Waals surface area contributed by atoms with E-state index < -0.39 is 11.8 Å². The molecule has 2 aromatic carbocycles. The summed E-state index contributed by atoms with van der Waals surface area (Å²) >= 11 is 0. The molecule has 0 unspecified atom stereocenters. The Morgan fingerprint density at radius 3 is 2.26 bits per heavy atom. The summed E-state index contributed by atoms with van der Waals surface area (Å²) in [5, 5.41) is 14.5. The van der Waals surface area contributed by atoms with Crippen LogP contribution in [0.3, 0.4) is 0 Å². The van der Waals surface area contributed by atoms with E-state index in [0.29, 0.717) is 30.2 Å². The number of ether oxygens (including phenoxy) is 1. The molecule has 0 saturated carbocycles. The van der Waals surface area contributed by atoms with Gasteiger partial charge in [0, 0.05) is 13.1 Å². The van der Waals surface area contributed by atoms with E-state index in [2.05, 4.69) is 15.5 Å². The van der Waals surface area contributed by atoms with E-state index in [9.17, 15) is 9.59 Å². The molecule has 2 aromatic rings. The quantitative estimate of drug-likeness (QED) is 0.794. The minimum atomic E-state index is -0.473. The van der Waals surface area contributed by atoms with Crippen LogP contribution in [-0.4, -0.2) is 38.1 Å². The van der Waals surface area contributed by atoms with Crippen LogP contribution in [0.25, 0.3) is 0 Å². The second-order valence-electron chi connectivity index (χ2n) is 6.05. The van der Waals surface area contributed by atoms with Crippen molar-refractivity contribution < 1.29 is 14.3 Å². The molecule has 0 atom stereocenters. The number of rotatable bonds is 5. The zero-order valence-corrected chi connectivity index (χ0v) is 14.8. The number of para-hydroxylation sites is 3. The third kappa shape index (κ3) is 4.84. The van der Waals surface area contributed by atoms with E-state index in [1.165, 1.54) is 0 Å². The summed E-state index contributed by atoms with van der Waals surface area (Å²) in [5.41, 5.74) is 2.31. The van der Waals surface area contributed by atoms with Gasteiger partial charge in [0.1, 0.15) is 12.5 Å². The van der Waals surface area contributed by atoms with E-state index in [0.717, 1.165) is 18.8 Å². The third-order valence-corrected chi connectivity index (χ3v) is 4.17. The molecule has 1 heterocycles. The molecular weight excluding hydrogens is 344 g/mol. The molecule has 0 spiro atoms. The van der Waals surface area contributed by atoms with Crippen LogP contribution in [0.15, 0.2) is 48.5 Å². The molecular formula is C20H20N4O3. The number of anilines is 3. The Bertz CT molecular complexity index is 870. The van der Waals surface area contributed by atoms with E-state index in [1.807, 2.05) is 30.3 Å². The van der Waals surface area contributed by atoms with Gasteiger partial charge in [0.15, 0.2) is 0 Å². The van der Waals surface area contributed by atoms with Gasteiger partial charge in [-0.2, -0.15) is 5.26 Å². The molecule has 1 saturated heterocycles. The molecule has 1 aliphatic heterocycles. The Balaban J connectivity index is 1.62. The van der Waals surface area contributed by atoms with Crippen molar-refractivity contribution in [3.05, 3.63) is 54.1 Å². The van der Waals surface area contributed by atoms with Crippen LogP contribution >= 0.6 is 0 Å². The van der Waals surface area contributed by atoms with Gasteiger partial charge >= 0.3 is 0 Å². The average molecular weight is 364 g/mol. The normalized spacial score (nSPS) is 13.5. The van der Waals surface area contributed by atoms with Crippen molar-refractivity contribution in [2.24, 2.45) is 0 Å². The maximum atomic E-state index is 12.3. The minimum Gasteiger partial charge on any atom is -0.378 e. The summed E-state index contributed by atoms with van der Waals surface area (Å²) in [6.07, 6.45) is -0.336. The lowest BCUT2D eigenvalue weighted by Crippen LogP contribution is -2.36. The Morgan fingerprint density at radius 1 is 0.963 bits per heavy atom. The number of hydrogen-bond donors (Lipinski definition) is 2. The summed E-state index contributed by atoms with van der Waals surface area (Å²) < 4.78 is 5.37. The van der Waals surface area contributed by atoms with Crippen LogP contribution < -0.4 is 15.5 Å². The fourth-order valence-corrected chi connectivity index (χ4v) is 2.88. The highest BCUT2D eigenvalue weighted by atomic mass is 16.5. The summed E-state index contributed by atoms with van der Waals surface area (Å²) in [7, 11) is 0. The number of benzene rings is 2. The highest BCUT2D eigenvalue weighted by Gasteiger charge is 2.17. The van der Waals surface area contributed by atoms with Gasteiger partial charge < -0.3 is 20.3 Å². The van der Waals surface area contributed by atoms with Crippen molar-refractivity contribution in [3.8, 4) is 6.07 Å². The number of morpholine rings is 1. The van der Waals surface area contributed by atoms with Crippen LogP contribution in [0.2, 0.25) is 0 Å². The molecule has 3 rings (SSSR count). The SMILES string of the molecule is N#Cc1ccccc1NC(=O)CC(=O)Nc1ccccc1N1CCOCC1. The molecule has 27 heavy (non-hydrogen) atoms. The molecule has 2 amide bonds. The molecule has 138 valence electrons. The third-order valence-electron chi connectivity index (χ3n) is 4.17. The lowest BCUT2D eigenvalue weighted by molar-refractivity contribution is -0.123. The first kappa shape index (κ1) is 18.4. The Labute approximate surface area is 157 Å². The molecule has 7 heteroatoms. The van der Waals surface area contributed by atoms with Gasteiger partial charge in [-0.1, -0.05) is 24.3 Å². The Hall–Kier alpha value is -3.37. The van der Waals surface area contributed by atoms with E-state index in [4.69, 9.17) is 10.00 Å². The zero-order valence-electron chi connectivity index (χ0n) is 14.8. The van der Waals surface area contributed by atoms with Gasteiger partial charge in [-0.3, -0.25) is 9.59 Å². The largest absolute Gasteiger partial charge is 0.378 e. The van der Waals surface area contributed by atoms with Crippen molar-refractivity contribution in [2.75, 3.05) is 41.8 Å². The van der Waals surface area contributed by atoms with Crippen molar-refractivity contribution in [1.82, 2.24) is 0 Å². The second kappa shape index (κ2) is 8.83. The monoisotopic (exact) mass is 364 g/mol. The van der Waals surface area contributed by atoms with Crippen molar-refractivity contribution >= 4 is 28.9 Å². The van der Waals surface area contributed by atoms with E-state index in [-0.39, 0.29) is 6.42 Å². The van der Waals surface area contributed by atoms with Gasteiger partial charge in [-0.05, 0) is 24.3 Å². The van der Waals surface area contributed by atoms with E-state index in [1.54, 1.807) is 24.3 Å². The number of carbonyl (C=O) groups excluding carboxylic acids is 2. The van der Waals surface area contributed by atoms with Crippen LogP contribution in [0.4, 0.5) is 17.1 Å². The second-order valence-corrected chi connectivity index (χ2v) is 6.05. The molecule has 0 bridgehead atoms. The number of amides is 2. The fraction of sp³-hybridized carbons (Fsp3) is 0.250. The van der Waals surface area contributed by atoms with Crippen molar-refractivity contribution in [3.63, 3.8) is 0 Å². The number of nitrogens with one attached hydrogen (secondary N) is 2. The van der Waals surface area contributed by atoms with Crippen LogP contribution in [0.5, 0.6) is 0 Å². The van der Waals surface area contributed by atoms with Gasteiger partial charge in [0.2, 0.25) is 11.8 Å². The molecule has 1 aliphatic rings. The Kier molecular flexibility index (Phi) is 6.02. The maximum Gasteiger partial charge on any atom is 0.233 e. The number of hydrogen-bond acceptors (Lipinski definition) is 5. The first-order chi connectivity index (χ1) is 13.2. The number of nitriles is 1. The Morgan fingerprint density at radius 2 is 1.56 bits per heavy atom. The first-order valence-corrected chi connectivity index (χ1v) is 8.68. The standard InChI is InChI=1S/C20H20N4O3/c21-14-15-5-1-2-6-16(15)22-19(25)13-20(26)23-17-7-3-4-8-18(17)24-9-11-27-12-10-24/h1-8H,9-13H2,(H,22,25)(H,23,26). The number of nitrogens with zero attached hydrogens (tertiary/aromatic N) is 2. The highest BCUT2D eigenvalue weighted by molar-refractivity contribution is 6.09. The molecule has 0 aromatic heterocycles. The molecule has 0 aliphatic carbocycles. The summed E-state index contributed by atoms with van der Waals surface area (Å²) in [6.45, 7) is 2.78. The predicted molar refractivity (Wildman–Crippen MR) is 103 cm³/mol. The average Bonchev–Trinajstić information content (AvgIpc) is 2.69. The van der Waals surface area contributed by atoms with Gasteiger partial charge in [-0.25, -0.2) is 0 Å². The topological polar surface area (TPSA) is 94.5 Å². The fourth-order valence-electron chi connectivity index (χ4n) is 2.88. The summed E-state index contributed by atoms with van der Waals surface area (Å²) in [5.74, 6) is -0.887. The smallest absolute Gasteiger partial charge is 0.233 e. The molecule has 0 radical (unpaired) electrons. The van der Waals surface area contributed by atoms with Gasteiger partial charge in [-0.15, -0.1) is 0 Å². The van der Waals surface area contributed by atoms with E-state index >= 15 is 0 Å². The minimum absolute atomic E-state index is 0.336. The molecule has 1 fully saturated rings. The lowest BCUT2D eigenvalue weighted by Gasteiger charge is -2.30. The summed E-state index contributed by atoms with van der Waals surface area (Å²) in [4.78, 5) is 26.6. The van der Waals surface area contributed by atoms with Crippen molar-refractivity contribution in [1.29, 1.82) is 5.26 Å². The zero-order chi connectivity index (χ0) is 19.1. The van der Waals surface area contributed by atoms with Crippen LogP contribution in [0.1, 0.15) is 12.0 Å².